The normalized spacial score (nSPS) is 19.7. The summed E-state index contributed by atoms with van der Waals surface area (Å²) in [6.45, 7) is 12.4. The summed E-state index contributed by atoms with van der Waals surface area (Å²) in [5.74, 6) is 0. The molecule has 278 valence electrons. The van der Waals surface area contributed by atoms with Crippen LogP contribution in [0.3, 0.4) is 0 Å². The zero-order valence-corrected chi connectivity index (χ0v) is 33.0. The van der Waals surface area contributed by atoms with Crippen LogP contribution in [0.4, 0.5) is 0 Å². The first-order valence-electron chi connectivity index (χ1n) is 18.9. The molecule has 4 aromatic carbocycles. The molecule has 0 saturated carbocycles. The van der Waals surface area contributed by atoms with Gasteiger partial charge in [-0.2, -0.15) is 10.4 Å². The fourth-order valence-corrected chi connectivity index (χ4v) is 8.48. The molecule has 10 heteroatoms. The Bertz CT molecular complexity index is 2050. The second-order valence-electron chi connectivity index (χ2n) is 15.7. The van der Waals surface area contributed by atoms with Gasteiger partial charge in [0.2, 0.25) is 0 Å². The molecule has 4 heterocycles. The largest absolute Gasteiger partial charge is 0.494 e. The van der Waals surface area contributed by atoms with Crippen LogP contribution in [0, 0.1) is 11.3 Å². The van der Waals surface area contributed by atoms with Gasteiger partial charge >= 0.3 is 7.12 Å². The highest BCUT2D eigenvalue weighted by atomic mass is 35.5. The SMILES string of the molecule is CC1(C)OB(c2ccc(C3(c4ccc(Cl)cc4)CCNCC3)cc2)OC1(C)C.N#Cc1[nH]ncc1-c1ccc(C2(c3ccc(Cl)cc3)CCNCC2)cc1. The van der Waals surface area contributed by atoms with E-state index in [-0.39, 0.29) is 29.2 Å². The van der Waals surface area contributed by atoms with Crippen molar-refractivity contribution in [2.24, 2.45) is 0 Å². The number of piperidine rings is 2. The van der Waals surface area contributed by atoms with Crippen molar-refractivity contribution in [2.75, 3.05) is 26.2 Å². The van der Waals surface area contributed by atoms with Crippen LogP contribution in [0.25, 0.3) is 11.1 Å². The second kappa shape index (κ2) is 15.7. The number of benzene rings is 4. The second-order valence-corrected chi connectivity index (χ2v) is 16.6. The van der Waals surface area contributed by atoms with Crippen molar-refractivity contribution in [3.63, 3.8) is 0 Å². The molecule has 0 bridgehead atoms. The fraction of sp³-hybridized carbons (Fsp3) is 0.364. The topological polar surface area (TPSA) is 95.0 Å². The van der Waals surface area contributed by atoms with Gasteiger partial charge in [-0.25, -0.2) is 0 Å². The Balaban J connectivity index is 0.000000167. The molecule has 0 atom stereocenters. The van der Waals surface area contributed by atoms with Gasteiger partial charge in [0.1, 0.15) is 11.8 Å². The van der Waals surface area contributed by atoms with E-state index < -0.39 is 0 Å². The molecule has 3 aliphatic heterocycles. The average molecular weight is 761 g/mol. The number of aromatic amines is 1. The molecule has 0 spiro atoms. The lowest BCUT2D eigenvalue weighted by Gasteiger charge is -2.39. The minimum Gasteiger partial charge on any atom is -0.399 e. The summed E-state index contributed by atoms with van der Waals surface area (Å²) in [5.41, 5.74) is 8.04. The van der Waals surface area contributed by atoms with Gasteiger partial charge in [0, 0.05) is 26.4 Å². The lowest BCUT2D eigenvalue weighted by atomic mass is 9.67. The highest BCUT2D eigenvalue weighted by molar-refractivity contribution is 6.62. The Hall–Kier alpha value is -3.94. The summed E-state index contributed by atoms with van der Waals surface area (Å²) in [4.78, 5) is 0. The average Bonchev–Trinajstić information content (AvgIpc) is 3.76. The number of rotatable bonds is 6. The number of halogens is 2. The van der Waals surface area contributed by atoms with Gasteiger partial charge in [0.15, 0.2) is 0 Å². The summed E-state index contributed by atoms with van der Waals surface area (Å²) in [6.07, 6.45) is 5.94. The zero-order valence-electron chi connectivity index (χ0n) is 31.5. The molecule has 0 aliphatic carbocycles. The molecule has 3 fully saturated rings. The molecule has 5 aromatic rings. The number of H-pyrrole nitrogens is 1. The Labute approximate surface area is 329 Å². The summed E-state index contributed by atoms with van der Waals surface area (Å²) in [5, 5.41) is 24.4. The van der Waals surface area contributed by atoms with E-state index in [0.717, 1.165) is 78.5 Å². The number of nitriles is 1. The lowest BCUT2D eigenvalue weighted by Crippen LogP contribution is -2.41. The third kappa shape index (κ3) is 7.51. The number of nitrogens with one attached hydrogen (secondary N) is 3. The summed E-state index contributed by atoms with van der Waals surface area (Å²) in [6, 6.07) is 36.1. The molecule has 7 nitrogen and oxygen atoms in total. The van der Waals surface area contributed by atoms with E-state index in [1.165, 1.54) is 22.3 Å². The van der Waals surface area contributed by atoms with Gasteiger partial charge in [-0.15, -0.1) is 0 Å². The van der Waals surface area contributed by atoms with Crippen LogP contribution >= 0.6 is 23.2 Å². The van der Waals surface area contributed by atoms with Crippen molar-refractivity contribution in [1.29, 1.82) is 5.26 Å². The van der Waals surface area contributed by atoms with Crippen molar-refractivity contribution in [3.05, 3.63) is 141 Å². The van der Waals surface area contributed by atoms with Crippen LogP contribution in [0.2, 0.25) is 10.0 Å². The third-order valence-electron chi connectivity index (χ3n) is 12.2. The van der Waals surface area contributed by atoms with Crippen molar-refractivity contribution >= 4 is 35.8 Å². The maximum Gasteiger partial charge on any atom is 0.494 e. The Morgan fingerprint density at radius 3 is 1.41 bits per heavy atom. The van der Waals surface area contributed by atoms with E-state index in [9.17, 15) is 5.26 Å². The van der Waals surface area contributed by atoms with E-state index in [4.69, 9.17) is 32.5 Å². The minimum atomic E-state index is -0.324. The number of nitrogens with zero attached hydrogens (tertiary/aromatic N) is 2. The Morgan fingerprint density at radius 1 is 0.611 bits per heavy atom. The lowest BCUT2D eigenvalue weighted by molar-refractivity contribution is 0.00578. The third-order valence-corrected chi connectivity index (χ3v) is 12.7. The first kappa shape index (κ1) is 38.3. The minimum absolute atomic E-state index is 0.0111. The van der Waals surface area contributed by atoms with E-state index in [0.29, 0.717) is 5.69 Å². The number of hydrogen-bond acceptors (Lipinski definition) is 6. The van der Waals surface area contributed by atoms with E-state index in [1.807, 2.05) is 24.3 Å². The van der Waals surface area contributed by atoms with Gasteiger partial charge < -0.3 is 19.9 Å². The summed E-state index contributed by atoms with van der Waals surface area (Å²) in [7, 11) is -0.321. The molecule has 3 N–H and O–H groups in total. The maximum atomic E-state index is 9.20. The first-order chi connectivity index (χ1) is 26.0. The molecule has 8 rings (SSSR count). The van der Waals surface area contributed by atoms with Crippen molar-refractivity contribution in [3.8, 4) is 17.2 Å². The predicted octanol–water partition coefficient (Wildman–Crippen LogP) is 8.58. The van der Waals surface area contributed by atoms with E-state index in [1.54, 1.807) is 6.20 Å². The van der Waals surface area contributed by atoms with Gasteiger partial charge in [-0.1, -0.05) is 96.0 Å². The Kier molecular flexibility index (Phi) is 11.1. The van der Waals surface area contributed by atoms with Crippen LogP contribution in [0.1, 0.15) is 81.3 Å². The highest BCUT2D eigenvalue weighted by Gasteiger charge is 2.51. The Morgan fingerprint density at radius 2 is 1.00 bits per heavy atom. The van der Waals surface area contributed by atoms with Gasteiger partial charge in [0.05, 0.1) is 17.4 Å². The van der Waals surface area contributed by atoms with Crippen LogP contribution in [0.5, 0.6) is 0 Å². The molecular weight excluding hydrogens is 712 g/mol. The van der Waals surface area contributed by atoms with Crippen molar-refractivity contribution in [1.82, 2.24) is 20.8 Å². The molecule has 54 heavy (non-hydrogen) atoms. The zero-order chi connectivity index (χ0) is 38.0. The van der Waals surface area contributed by atoms with Crippen LogP contribution in [-0.4, -0.2) is 54.7 Å². The van der Waals surface area contributed by atoms with Gasteiger partial charge in [-0.05, 0) is 137 Å². The molecule has 0 radical (unpaired) electrons. The van der Waals surface area contributed by atoms with Gasteiger partial charge in [0.25, 0.3) is 0 Å². The van der Waals surface area contributed by atoms with E-state index in [2.05, 4.69) is 127 Å². The molecule has 3 aliphatic rings. The summed E-state index contributed by atoms with van der Waals surface area (Å²) < 4.78 is 12.4. The quantitative estimate of drug-likeness (QED) is 0.150. The predicted molar refractivity (Wildman–Crippen MR) is 220 cm³/mol. The van der Waals surface area contributed by atoms with Crippen LogP contribution in [0.15, 0.2) is 103 Å². The fourth-order valence-electron chi connectivity index (χ4n) is 8.23. The van der Waals surface area contributed by atoms with E-state index >= 15 is 0 Å². The number of aromatic nitrogens is 2. The molecule has 1 aromatic heterocycles. The molecule has 0 unspecified atom stereocenters. The molecule has 3 saturated heterocycles. The summed E-state index contributed by atoms with van der Waals surface area (Å²) >= 11 is 12.2. The first-order valence-corrected chi connectivity index (χ1v) is 19.7. The van der Waals surface area contributed by atoms with Gasteiger partial charge in [-0.3, -0.25) is 5.10 Å². The number of hydrogen-bond donors (Lipinski definition) is 3. The van der Waals surface area contributed by atoms with Crippen molar-refractivity contribution < 1.29 is 9.31 Å². The standard InChI is InChI=1S/C23H29BClNO2.C21H19ClN4/c1-21(2)22(3,4)28-24(27-21)19-9-5-17(6-10-19)23(13-15-26-16-14-23)18-7-11-20(25)12-8-18;22-18-7-5-17(6-8-18)21(9-11-24-12-10-21)16-3-1-15(2-4-16)19-14-25-26-20(19)13-23/h5-12,26H,13-16H2,1-4H3;1-8,14,24H,9-12H2,(H,25,26). The maximum absolute atomic E-state index is 9.20. The molecule has 0 amide bonds. The molecular formula is C44H48BCl2N5O2. The highest BCUT2D eigenvalue weighted by Crippen LogP contribution is 2.43. The van der Waals surface area contributed by atoms with Crippen LogP contribution in [-0.2, 0) is 20.1 Å². The monoisotopic (exact) mass is 759 g/mol. The van der Waals surface area contributed by atoms with Crippen LogP contribution < -0.4 is 16.1 Å². The smallest absolute Gasteiger partial charge is 0.399 e. The van der Waals surface area contributed by atoms with Crippen molar-refractivity contribution in [2.45, 2.75) is 75.4 Å².